The Hall–Kier alpha value is -0.790. The van der Waals surface area contributed by atoms with Gasteiger partial charge >= 0.3 is 0 Å². The quantitative estimate of drug-likeness (QED) is 0.589. The van der Waals surface area contributed by atoms with Crippen LogP contribution in [-0.4, -0.2) is 22.9 Å². The molecule has 1 amide bonds. The van der Waals surface area contributed by atoms with Crippen LogP contribution in [-0.2, 0) is 4.79 Å². The second kappa shape index (κ2) is 4.63. The highest BCUT2D eigenvalue weighted by molar-refractivity contribution is 5.88. The summed E-state index contributed by atoms with van der Waals surface area (Å²) in [5.41, 5.74) is 0. The van der Waals surface area contributed by atoms with Gasteiger partial charge < -0.3 is 4.90 Å². The standard InChI is InChI=1S/C12H21NO/c1-5-6-12(14)13-10(3)7-9(2)8-11(13)4/h5-6,9-11H,7-8H2,1-4H3/b6-5+. The summed E-state index contributed by atoms with van der Waals surface area (Å²) >= 11 is 0. The zero-order valence-electron chi connectivity index (χ0n) is 9.66. The first kappa shape index (κ1) is 11.3. The van der Waals surface area contributed by atoms with E-state index in [0.29, 0.717) is 12.1 Å². The third-order valence-corrected chi connectivity index (χ3v) is 3.00. The predicted molar refractivity (Wildman–Crippen MR) is 59.0 cm³/mol. The van der Waals surface area contributed by atoms with Crippen LogP contribution in [0.15, 0.2) is 12.2 Å². The number of carbonyl (C=O) groups is 1. The van der Waals surface area contributed by atoms with Gasteiger partial charge in [0, 0.05) is 12.1 Å². The lowest BCUT2D eigenvalue weighted by Gasteiger charge is -2.41. The van der Waals surface area contributed by atoms with Gasteiger partial charge in [-0.2, -0.15) is 0 Å². The second-order valence-electron chi connectivity index (χ2n) is 4.52. The van der Waals surface area contributed by atoms with Crippen LogP contribution in [0.2, 0.25) is 0 Å². The van der Waals surface area contributed by atoms with Gasteiger partial charge in [0.2, 0.25) is 5.91 Å². The van der Waals surface area contributed by atoms with E-state index < -0.39 is 0 Å². The molecule has 0 aromatic rings. The van der Waals surface area contributed by atoms with Crippen molar-refractivity contribution >= 4 is 5.91 Å². The molecule has 0 aromatic heterocycles. The number of hydrogen-bond acceptors (Lipinski definition) is 1. The van der Waals surface area contributed by atoms with Crippen LogP contribution in [0.25, 0.3) is 0 Å². The molecule has 0 radical (unpaired) electrons. The fourth-order valence-corrected chi connectivity index (χ4v) is 2.59. The molecule has 0 bridgehead atoms. The Kier molecular flexibility index (Phi) is 3.73. The molecule has 1 aliphatic rings. The van der Waals surface area contributed by atoms with E-state index >= 15 is 0 Å². The maximum Gasteiger partial charge on any atom is 0.246 e. The summed E-state index contributed by atoms with van der Waals surface area (Å²) in [6.45, 7) is 8.45. The van der Waals surface area contributed by atoms with Crippen molar-refractivity contribution in [3.63, 3.8) is 0 Å². The number of nitrogens with zero attached hydrogens (tertiary/aromatic N) is 1. The van der Waals surface area contributed by atoms with Crippen molar-refractivity contribution in [3.8, 4) is 0 Å². The van der Waals surface area contributed by atoms with Crippen molar-refractivity contribution in [2.24, 2.45) is 5.92 Å². The smallest absolute Gasteiger partial charge is 0.246 e. The average molecular weight is 195 g/mol. The third-order valence-electron chi connectivity index (χ3n) is 3.00. The molecule has 1 saturated heterocycles. The zero-order chi connectivity index (χ0) is 10.7. The maximum atomic E-state index is 11.8. The van der Waals surface area contributed by atoms with Crippen molar-refractivity contribution in [3.05, 3.63) is 12.2 Å². The van der Waals surface area contributed by atoms with Crippen LogP contribution < -0.4 is 0 Å². The first-order valence-electron chi connectivity index (χ1n) is 5.51. The van der Waals surface area contributed by atoms with E-state index in [9.17, 15) is 4.79 Å². The number of carbonyl (C=O) groups excluding carboxylic acids is 1. The number of amides is 1. The van der Waals surface area contributed by atoms with Gasteiger partial charge in [0.25, 0.3) is 0 Å². The third kappa shape index (κ3) is 2.37. The lowest BCUT2D eigenvalue weighted by molar-refractivity contribution is -0.132. The van der Waals surface area contributed by atoms with E-state index in [0.717, 1.165) is 18.8 Å². The van der Waals surface area contributed by atoms with Crippen LogP contribution in [0.1, 0.15) is 40.5 Å². The van der Waals surface area contributed by atoms with Gasteiger partial charge in [0.1, 0.15) is 0 Å². The molecule has 14 heavy (non-hydrogen) atoms. The minimum absolute atomic E-state index is 0.166. The summed E-state index contributed by atoms with van der Waals surface area (Å²) in [6, 6.07) is 0.773. The van der Waals surface area contributed by atoms with Crippen molar-refractivity contribution < 1.29 is 4.79 Å². The SMILES string of the molecule is C/C=C/C(=O)N1C(C)CC(C)CC1C. The molecule has 0 saturated carbocycles. The Morgan fingerprint density at radius 2 is 1.71 bits per heavy atom. The van der Waals surface area contributed by atoms with E-state index in [4.69, 9.17) is 0 Å². The van der Waals surface area contributed by atoms with Crippen LogP contribution in [0.3, 0.4) is 0 Å². The van der Waals surface area contributed by atoms with Crippen molar-refractivity contribution in [1.29, 1.82) is 0 Å². The Morgan fingerprint density at radius 3 is 2.14 bits per heavy atom. The fourth-order valence-electron chi connectivity index (χ4n) is 2.59. The van der Waals surface area contributed by atoms with Crippen LogP contribution in [0, 0.1) is 5.92 Å². The lowest BCUT2D eigenvalue weighted by Crippen LogP contribution is -2.48. The monoisotopic (exact) mass is 195 g/mol. The molecule has 1 fully saturated rings. The number of rotatable bonds is 1. The van der Waals surface area contributed by atoms with E-state index in [1.54, 1.807) is 6.08 Å². The summed E-state index contributed by atoms with van der Waals surface area (Å²) in [7, 11) is 0. The zero-order valence-corrected chi connectivity index (χ0v) is 9.66. The molecule has 2 heteroatoms. The minimum Gasteiger partial charge on any atom is -0.334 e. The van der Waals surface area contributed by atoms with Gasteiger partial charge in [-0.15, -0.1) is 0 Å². The maximum absolute atomic E-state index is 11.8. The molecule has 1 rings (SSSR count). The summed E-state index contributed by atoms with van der Waals surface area (Å²) < 4.78 is 0. The normalized spacial score (nSPS) is 33.7. The van der Waals surface area contributed by atoms with E-state index in [2.05, 4.69) is 20.8 Å². The van der Waals surface area contributed by atoms with Crippen molar-refractivity contribution in [1.82, 2.24) is 4.90 Å². The van der Waals surface area contributed by atoms with Gasteiger partial charge in [-0.05, 0) is 45.6 Å². The Morgan fingerprint density at radius 1 is 1.21 bits per heavy atom. The van der Waals surface area contributed by atoms with Gasteiger partial charge in [-0.3, -0.25) is 4.79 Å². The number of piperidine rings is 1. The van der Waals surface area contributed by atoms with Crippen molar-refractivity contribution in [2.75, 3.05) is 0 Å². The van der Waals surface area contributed by atoms with E-state index in [1.165, 1.54) is 0 Å². The number of hydrogen-bond donors (Lipinski definition) is 0. The first-order chi connectivity index (χ1) is 6.56. The Bertz CT molecular complexity index is 222. The van der Waals surface area contributed by atoms with Crippen LogP contribution in [0.4, 0.5) is 0 Å². The largest absolute Gasteiger partial charge is 0.334 e. The molecular weight excluding hydrogens is 174 g/mol. The van der Waals surface area contributed by atoms with Gasteiger partial charge in [0.15, 0.2) is 0 Å². The van der Waals surface area contributed by atoms with Crippen LogP contribution >= 0.6 is 0 Å². The molecule has 80 valence electrons. The predicted octanol–water partition coefficient (Wildman–Crippen LogP) is 2.60. The highest BCUT2D eigenvalue weighted by Gasteiger charge is 2.30. The van der Waals surface area contributed by atoms with Gasteiger partial charge in [-0.1, -0.05) is 13.0 Å². The molecule has 2 atom stereocenters. The molecule has 1 heterocycles. The van der Waals surface area contributed by atoms with Gasteiger partial charge in [-0.25, -0.2) is 0 Å². The lowest BCUT2D eigenvalue weighted by atomic mass is 9.88. The van der Waals surface area contributed by atoms with E-state index in [1.807, 2.05) is 17.9 Å². The number of allylic oxidation sites excluding steroid dienone is 1. The summed E-state index contributed by atoms with van der Waals surface area (Å²) in [4.78, 5) is 13.8. The molecule has 2 unspecified atom stereocenters. The molecule has 0 N–H and O–H groups in total. The Labute approximate surface area is 87.0 Å². The molecular formula is C12H21NO. The highest BCUT2D eigenvalue weighted by Crippen LogP contribution is 2.27. The topological polar surface area (TPSA) is 20.3 Å². The van der Waals surface area contributed by atoms with E-state index in [-0.39, 0.29) is 5.91 Å². The first-order valence-corrected chi connectivity index (χ1v) is 5.51. The molecule has 1 aliphatic heterocycles. The van der Waals surface area contributed by atoms with Crippen molar-refractivity contribution in [2.45, 2.75) is 52.6 Å². The molecule has 0 spiro atoms. The summed E-state index contributed by atoms with van der Waals surface area (Å²) in [5.74, 6) is 0.911. The molecule has 0 aromatic carbocycles. The van der Waals surface area contributed by atoms with Gasteiger partial charge in [0.05, 0.1) is 0 Å². The summed E-state index contributed by atoms with van der Waals surface area (Å²) in [6.07, 6.45) is 5.75. The molecule has 0 aliphatic carbocycles. The highest BCUT2D eigenvalue weighted by atomic mass is 16.2. The second-order valence-corrected chi connectivity index (χ2v) is 4.52. The Balaban J connectivity index is 2.71. The van der Waals surface area contributed by atoms with Crippen LogP contribution in [0.5, 0.6) is 0 Å². The number of likely N-dealkylation sites (tertiary alicyclic amines) is 1. The average Bonchev–Trinajstić information content (AvgIpc) is 2.01. The summed E-state index contributed by atoms with van der Waals surface area (Å²) in [5, 5.41) is 0. The molecule has 2 nitrogen and oxygen atoms in total. The fraction of sp³-hybridized carbons (Fsp3) is 0.750. The minimum atomic E-state index is 0.166.